The van der Waals surface area contributed by atoms with E-state index >= 15 is 0 Å². The minimum absolute atomic E-state index is 0.0350. The van der Waals surface area contributed by atoms with E-state index < -0.39 is 0 Å². The van der Waals surface area contributed by atoms with E-state index in [1.807, 2.05) is 20.8 Å². The fraction of sp³-hybridized carbons (Fsp3) is 0.905. The molecule has 0 heterocycles. The van der Waals surface area contributed by atoms with Gasteiger partial charge in [0.1, 0.15) is 5.78 Å². The zero-order chi connectivity index (χ0) is 18.3. The van der Waals surface area contributed by atoms with Crippen LogP contribution in [0.25, 0.3) is 0 Å². The molecule has 0 atom stereocenters. The molecule has 0 saturated heterocycles. The molecule has 0 N–H and O–H groups in total. The van der Waals surface area contributed by atoms with Crippen LogP contribution in [-0.2, 0) is 14.3 Å². The maximum absolute atomic E-state index is 11.8. The molecule has 0 aliphatic carbocycles. The standard InChI is InChI=1S/C21H40O3/c1-5-6-7-10-14-17-20(23)24-18-15-12-9-8-11-13-16-19(22)21(2,3)4/h5-18H2,1-4H3. The molecule has 0 aliphatic rings. The number of unbranched alkanes of at least 4 members (excludes halogenated alkanes) is 9. The highest BCUT2D eigenvalue weighted by Gasteiger charge is 2.19. The fourth-order valence-corrected chi connectivity index (χ4v) is 2.60. The maximum atomic E-state index is 11.8. The summed E-state index contributed by atoms with van der Waals surface area (Å²) >= 11 is 0. The number of carbonyl (C=O) groups is 2. The second-order valence-electron chi connectivity index (χ2n) is 7.93. The number of Topliss-reactive ketones (excluding diaryl/α,β-unsaturated/α-hetero) is 1. The first-order valence-corrected chi connectivity index (χ1v) is 10.1. The lowest BCUT2D eigenvalue weighted by Gasteiger charge is -2.16. The molecule has 0 fully saturated rings. The number of carbonyl (C=O) groups excluding carboxylic acids is 2. The lowest BCUT2D eigenvalue weighted by atomic mass is 9.88. The summed E-state index contributed by atoms with van der Waals surface area (Å²) < 4.78 is 5.26. The summed E-state index contributed by atoms with van der Waals surface area (Å²) in [6.07, 6.45) is 13.6. The molecule has 0 bridgehead atoms. The average molecular weight is 341 g/mol. The monoisotopic (exact) mass is 340 g/mol. The Bertz CT molecular complexity index is 328. The molecule has 0 saturated carbocycles. The molecule has 0 unspecified atom stereocenters. The number of hydrogen-bond donors (Lipinski definition) is 0. The summed E-state index contributed by atoms with van der Waals surface area (Å²) in [4.78, 5) is 23.3. The number of esters is 1. The Labute approximate surface area is 149 Å². The minimum Gasteiger partial charge on any atom is -0.466 e. The van der Waals surface area contributed by atoms with Gasteiger partial charge in [-0.1, -0.05) is 79.1 Å². The van der Waals surface area contributed by atoms with Gasteiger partial charge in [-0.3, -0.25) is 9.59 Å². The Hall–Kier alpha value is -0.860. The molecule has 0 aromatic heterocycles. The van der Waals surface area contributed by atoms with Crippen LogP contribution in [-0.4, -0.2) is 18.4 Å². The SMILES string of the molecule is CCCCCCCC(=O)OCCCCCCCCC(=O)C(C)(C)C. The van der Waals surface area contributed by atoms with Gasteiger partial charge in [0.25, 0.3) is 0 Å². The van der Waals surface area contributed by atoms with Crippen molar-refractivity contribution in [1.82, 2.24) is 0 Å². The average Bonchev–Trinajstić information content (AvgIpc) is 2.51. The number of rotatable bonds is 15. The van der Waals surface area contributed by atoms with Crippen molar-refractivity contribution in [2.45, 2.75) is 111 Å². The Morgan fingerprint density at radius 2 is 1.21 bits per heavy atom. The van der Waals surface area contributed by atoms with Gasteiger partial charge in [-0.15, -0.1) is 0 Å². The predicted molar refractivity (Wildman–Crippen MR) is 101 cm³/mol. The highest BCUT2D eigenvalue weighted by atomic mass is 16.5. The largest absolute Gasteiger partial charge is 0.466 e. The van der Waals surface area contributed by atoms with Gasteiger partial charge in [0, 0.05) is 18.3 Å². The van der Waals surface area contributed by atoms with Crippen molar-refractivity contribution in [2.75, 3.05) is 6.61 Å². The van der Waals surface area contributed by atoms with Crippen molar-refractivity contribution >= 4 is 11.8 Å². The van der Waals surface area contributed by atoms with Gasteiger partial charge in [0.2, 0.25) is 0 Å². The zero-order valence-corrected chi connectivity index (χ0v) is 16.6. The van der Waals surface area contributed by atoms with Crippen molar-refractivity contribution in [1.29, 1.82) is 0 Å². The first-order valence-electron chi connectivity index (χ1n) is 10.1. The van der Waals surface area contributed by atoms with Gasteiger partial charge in [0.15, 0.2) is 0 Å². The van der Waals surface area contributed by atoms with E-state index in [2.05, 4.69) is 6.92 Å². The number of hydrogen-bond acceptors (Lipinski definition) is 3. The van der Waals surface area contributed by atoms with Crippen LogP contribution in [0.5, 0.6) is 0 Å². The van der Waals surface area contributed by atoms with Crippen molar-refractivity contribution in [3.05, 3.63) is 0 Å². The third kappa shape index (κ3) is 14.7. The summed E-state index contributed by atoms with van der Waals surface area (Å²) in [6.45, 7) is 8.72. The normalized spacial score (nSPS) is 11.5. The van der Waals surface area contributed by atoms with Crippen LogP contribution in [0, 0.1) is 5.41 Å². The van der Waals surface area contributed by atoms with E-state index in [0.717, 1.165) is 44.9 Å². The Morgan fingerprint density at radius 1 is 0.708 bits per heavy atom. The predicted octanol–water partition coefficient (Wildman–Crippen LogP) is 6.24. The third-order valence-corrected chi connectivity index (χ3v) is 4.38. The van der Waals surface area contributed by atoms with Crippen LogP contribution in [0.15, 0.2) is 0 Å². The van der Waals surface area contributed by atoms with Crippen molar-refractivity contribution < 1.29 is 14.3 Å². The summed E-state index contributed by atoms with van der Waals surface area (Å²) in [5, 5.41) is 0. The van der Waals surface area contributed by atoms with Gasteiger partial charge >= 0.3 is 5.97 Å². The molecule has 0 aromatic carbocycles. The lowest BCUT2D eigenvalue weighted by molar-refractivity contribution is -0.143. The number of ether oxygens (including phenoxy) is 1. The van der Waals surface area contributed by atoms with E-state index in [9.17, 15) is 9.59 Å². The topological polar surface area (TPSA) is 43.4 Å². The minimum atomic E-state index is -0.195. The summed E-state index contributed by atoms with van der Waals surface area (Å²) in [6, 6.07) is 0. The quantitative estimate of drug-likeness (QED) is 0.262. The molecule has 3 heteroatoms. The molecule has 142 valence electrons. The Morgan fingerprint density at radius 3 is 1.79 bits per heavy atom. The molecule has 24 heavy (non-hydrogen) atoms. The number of ketones is 1. The van der Waals surface area contributed by atoms with Crippen LogP contribution in [0.4, 0.5) is 0 Å². The van der Waals surface area contributed by atoms with Gasteiger partial charge in [0.05, 0.1) is 6.61 Å². The first kappa shape index (κ1) is 23.1. The second kappa shape index (κ2) is 14.5. The van der Waals surface area contributed by atoms with Crippen molar-refractivity contribution in [3.63, 3.8) is 0 Å². The highest BCUT2D eigenvalue weighted by Crippen LogP contribution is 2.19. The molecule has 0 rings (SSSR count). The van der Waals surface area contributed by atoms with Crippen molar-refractivity contribution in [3.8, 4) is 0 Å². The van der Waals surface area contributed by atoms with E-state index in [-0.39, 0.29) is 11.4 Å². The fourth-order valence-electron chi connectivity index (χ4n) is 2.60. The molecule has 0 amide bonds. The summed E-state index contributed by atoms with van der Waals surface area (Å²) in [5.41, 5.74) is -0.195. The van der Waals surface area contributed by atoms with Crippen LogP contribution in [0.1, 0.15) is 111 Å². The van der Waals surface area contributed by atoms with E-state index in [0.29, 0.717) is 25.2 Å². The van der Waals surface area contributed by atoms with Gasteiger partial charge < -0.3 is 4.74 Å². The van der Waals surface area contributed by atoms with Crippen LogP contribution >= 0.6 is 0 Å². The van der Waals surface area contributed by atoms with Gasteiger partial charge in [-0.2, -0.15) is 0 Å². The molecule has 0 radical (unpaired) electrons. The van der Waals surface area contributed by atoms with Gasteiger partial charge in [-0.25, -0.2) is 0 Å². The smallest absolute Gasteiger partial charge is 0.305 e. The highest BCUT2D eigenvalue weighted by molar-refractivity contribution is 5.83. The molecular formula is C21H40O3. The van der Waals surface area contributed by atoms with E-state index in [1.165, 1.54) is 25.7 Å². The molecular weight excluding hydrogens is 300 g/mol. The Kier molecular flexibility index (Phi) is 14.0. The van der Waals surface area contributed by atoms with E-state index in [1.54, 1.807) is 0 Å². The van der Waals surface area contributed by atoms with Crippen LogP contribution < -0.4 is 0 Å². The molecule has 3 nitrogen and oxygen atoms in total. The zero-order valence-electron chi connectivity index (χ0n) is 16.6. The lowest BCUT2D eigenvalue weighted by Crippen LogP contribution is -2.19. The summed E-state index contributed by atoms with van der Waals surface area (Å²) in [5.74, 6) is 0.330. The van der Waals surface area contributed by atoms with E-state index in [4.69, 9.17) is 4.74 Å². The third-order valence-electron chi connectivity index (χ3n) is 4.38. The molecule has 0 aromatic rings. The Balaban J connectivity index is 3.30. The molecule has 0 aliphatic heterocycles. The molecule has 0 spiro atoms. The van der Waals surface area contributed by atoms with Gasteiger partial charge in [-0.05, 0) is 19.3 Å². The second-order valence-corrected chi connectivity index (χ2v) is 7.93. The summed E-state index contributed by atoms with van der Waals surface area (Å²) in [7, 11) is 0. The van der Waals surface area contributed by atoms with Crippen LogP contribution in [0.2, 0.25) is 0 Å². The van der Waals surface area contributed by atoms with Crippen LogP contribution in [0.3, 0.4) is 0 Å². The van der Waals surface area contributed by atoms with Crippen molar-refractivity contribution in [2.24, 2.45) is 5.41 Å². The first-order chi connectivity index (χ1) is 11.4. The maximum Gasteiger partial charge on any atom is 0.305 e.